The van der Waals surface area contributed by atoms with Gasteiger partial charge in [-0.1, -0.05) is 25.3 Å². The molecule has 0 aliphatic carbocycles. The van der Waals surface area contributed by atoms with Crippen molar-refractivity contribution in [2.45, 2.75) is 38.6 Å². The molecule has 0 atom stereocenters. The standard InChI is InChI=1S/C19H28N2O3/c1-20(15-19(22)21-9-5-3-2-4-6-10-21)14-16-7-8-17-18(13-16)24-12-11-23-17/h7-8,13H,2-6,9-12,14-15H2,1H3. The minimum absolute atomic E-state index is 0.247. The van der Waals surface area contributed by atoms with E-state index < -0.39 is 0 Å². The Labute approximate surface area is 144 Å². The fraction of sp³-hybridized carbons (Fsp3) is 0.632. The number of likely N-dealkylation sites (tertiary alicyclic amines) is 1. The van der Waals surface area contributed by atoms with Crippen molar-refractivity contribution < 1.29 is 14.3 Å². The van der Waals surface area contributed by atoms with Gasteiger partial charge in [-0.05, 0) is 37.6 Å². The van der Waals surface area contributed by atoms with Gasteiger partial charge in [0.15, 0.2) is 11.5 Å². The molecule has 2 aliphatic heterocycles. The third kappa shape index (κ3) is 4.63. The van der Waals surface area contributed by atoms with E-state index in [2.05, 4.69) is 4.90 Å². The first-order valence-electron chi connectivity index (χ1n) is 9.07. The number of rotatable bonds is 4. The summed E-state index contributed by atoms with van der Waals surface area (Å²) < 4.78 is 11.2. The van der Waals surface area contributed by atoms with E-state index in [9.17, 15) is 4.79 Å². The van der Waals surface area contributed by atoms with Gasteiger partial charge < -0.3 is 14.4 Å². The Morgan fingerprint density at radius 2 is 1.71 bits per heavy atom. The van der Waals surface area contributed by atoms with Crippen molar-refractivity contribution in [3.8, 4) is 11.5 Å². The second kappa shape index (κ2) is 8.38. The molecule has 24 heavy (non-hydrogen) atoms. The Morgan fingerprint density at radius 3 is 2.46 bits per heavy atom. The van der Waals surface area contributed by atoms with E-state index in [1.54, 1.807) is 0 Å². The fourth-order valence-electron chi connectivity index (χ4n) is 3.38. The molecule has 0 unspecified atom stereocenters. The zero-order valence-electron chi connectivity index (χ0n) is 14.6. The number of likely N-dealkylation sites (N-methyl/N-ethyl adjacent to an activating group) is 1. The van der Waals surface area contributed by atoms with Crippen LogP contribution in [-0.2, 0) is 11.3 Å². The molecule has 0 saturated carbocycles. The first-order chi connectivity index (χ1) is 11.7. The Balaban J connectivity index is 1.52. The van der Waals surface area contributed by atoms with Crippen molar-refractivity contribution in [1.29, 1.82) is 0 Å². The molecule has 5 heteroatoms. The van der Waals surface area contributed by atoms with Gasteiger partial charge in [-0.3, -0.25) is 9.69 Å². The third-order valence-electron chi connectivity index (χ3n) is 4.67. The maximum Gasteiger partial charge on any atom is 0.236 e. The smallest absolute Gasteiger partial charge is 0.236 e. The van der Waals surface area contributed by atoms with Crippen molar-refractivity contribution in [1.82, 2.24) is 9.80 Å². The van der Waals surface area contributed by atoms with Crippen LogP contribution >= 0.6 is 0 Å². The molecular formula is C19H28N2O3. The Bertz CT molecular complexity index is 554. The number of carbonyl (C=O) groups is 1. The molecule has 1 saturated heterocycles. The van der Waals surface area contributed by atoms with Gasteiger partial charge in [0.25, 0.3) is 0 Å². The number of carbonyl (C=O) groups excluding carboxylic acids is 1. The number of hydrogen-bond donors (Lipinski definition) is 0. The second-order valence-electron chi connectivity index (χ2n) is 6.80. The molecule has 0 N–H and O–H groups in total. The maximum absolute atomic E-state index is 12.5. The summed E-state index contributed by atoms with van der Waals surface area (Å²) in [5, 5.41) is 0. The van der Waals surface area contributed by atoms with Crippen molar-refractivity contribution >= 4 is 5.91 Å². The SMILES string of the molecule is CN(CC(=O)N1CCCCCCC1)Cc1ccc2c(c1)OCCO2. The normalized spacial score (nSPS) is 18.2. The van der Waals surface area contributed by atoms with Crippen molar-refractivity contribution in [3.63, 3.8) is 0 Å². The highest BCUT2D eigenvalue weighted by atomic mass is 16.6. The predicted octanol–water partition coefficient (Wildman–Crippen LogP) is 2.68. The summed E-state index contributed by atoms with van der Waals surface area (Å²) >= 11 is 0. The molecule has 0 aromatic heterocycles. The van der Waals surface area contributed by atoms with E-state index in [4.69, 9.17) is 9.47 Å². The van der Waals surface area contributed by atoms with Gasteiger partial charge in [-0.15, -0.1) is 0 Å². The van der Waals surface area contributed by atoms with Gasteiger partial charge in [0, 0.05) is 19.6 Å². The van der Waals surface area contributed by atoms with E-state index in [0.717, 1.165) is 49.5 Å². The van der Waals surface area contributed by atoms with Crippen molar-refractivity contribution in [3.05, 3.63) is 23.8 Å². The highest BCUT2D eigenvalue weighted by Crippen LogP contribution is 2.31. The van der Waals surface area contributed by atoms with Gasteiger partial charge in [0.05, 0.1) is 6.54 Å². The van der Waals surface area contributed by atoms with Crippen LogP contribution in [0.5, 0.6) is 11.5 Å². The largest absolute Gasteiger partial charge is 0.486 e. The fourth-order valence-corrected chi connectivity index (χ4v) is 3.38. The molecule has 3 rings (SSSR count). The van der Waals surface area contributed by atoms with Gasteiger partial charge in [-0.2, -0.15) is 0 Å². The zero-order chi connectivity index (χ0) is 16.8. The quantitative estimate of drug-likeness (QED) is 0.850. The molecule has 1 aromatic rings. The minimum atomic E-state index is 0.247. The van der Waals surface area contributed by atoms with Crippen LogP contribution in [-0.4, -0.2) is 55.6 Å². The number of benzene rings is 1. The van der Waals surface area contributed by atoms with Crippen LogP contribution in [0.15, 0.2) is 18.2 Å². The topological polar surface area (TPSA) is 42.0 Å². The number of hydrogen-bond acceptors (Lipinski definition) is 4. The van der Waals surface area contributed by atoms with Gasteiger partial charge in [0.2, 0.25) is 5.91 Å². The highest BCUT2D eigenvalue weighted by Gasteiger charge is 2.17. The molecule has 1 fully saturated rings. The van der Waals surface area contributed by atoms with Crippen LogP contribution in [0.4, 0.5) is 0 Å². The van der Waals surface area contributed by atoms with Crippen LogP contribution in [0, 0.1) is 0 Å². The van der Waals surface area contributed by atoms with Crippen LogP contribution < -0.4 is 9.47 Å². The first-order valence-corrected chi connectivity index (χ1v) is 9.07. The summed E-state index contributed by atoms with van der Waals surface area (Å²) in [7, 11) is 2.00. The van der Waals surface area contributed by atoms with Crippen LogP contribution in [0.25, 0.3) is 0 Å². The van der Waals surface area contributed by atoms with Gasteiger partial charge in [0.1, 0.15) is 13.2 Å². The van der Waals surface area contributed by atoms with Crippen LogP contribution in [0.1, 0.15) is 37.7 Å². The lowest BCUT2D eigenvalue weighted by Crippen LogP contribution is -2.40. The number of nitrogens with zero attached hydrogens (tertiary/aromatic N) is 2. The Hall–Kier alpha value is -1.75. The molecule has 5 nitrogen and oxygen atoms in total. The molecule has 2 heterocycles. The lowest BCUT2D eigenvalue weighted by molar-refractivity contribution is -0.132. The van der Waals surface area contributed by atoms with E-state index in [0.29, 0.717) is 19.8 Å². The van der Waals surface area contributed by atoms with E-state index in [1.807, 2.05) is 30.1 Å². The summed E-state index contributed by atoms with van der Waals surface area (Å²) in [6.45, 7) is 4.23. The Kier molecular flexibility index (Phi) is 5.96. The zero-order valence-corrected chi connectivity index (χ0v) is 14.6. The molecule has 132 valence electrons. The molecule has 0 bridgehead atoms. The average Bonchev–Trinajstić information content (AvgIpc) is 2.54. The average molecular weight is 332 g/mol. The number of ether oxygens (including phenoxy) is 2. The van der Waals surface area contributed by atoms with E-state index in [-0.39, 0.29) is 5.91 Å². The molecule has 2 aliphatic rings. The molecule has 1 amide bonds. The van der Waals surface area contributed by atoms with E-state index in [1.165, 1.54) is 19.3 Å². The lowest BCUT2D eigenvalue weighted by atomic mass is 10.1. The lowest BCUT2D eigenvalue weighted by Gasteiger charge is -2.27. The summed E-state index contributed by atoms with van der Waals surface area (Å²) in [5.41, 5.74) is 1.14. The Morgan fingerprint density at radius 1 is 1.04 bits per heavy atom. The van der Waals surface area contributed by atoms with Crippen molar-refractivity contribution in [2.24, 2.45) is 0 Å². The summed E-state index contributed by atoms with van der Waals surface area (Å²) in [4.78, 5) is 16.7. The van der Waals surface area contributed by atoms with Crippen LogP contribution in [0.3, 0.4) is 0 Å². The van der Waals surface area contributed by atoms with Crippen molar-refractivity contribution in [2.75, 3.05) is 39.9 Å². The molecular weight excluding hydrogens is 304 g/mol. The van der Waals surface area contributed by atoms with Gasteiger partial charge in [-0.25, -0.2) is 0 Å². The first kappa shape index (κ1) is 17.1. The van der Waals surface area contributed by atoms with E-state index >= 15 is 0 Å². The molecule has 0 radical (unpaired) electrons. The third-order valence-corrected chi connectivity index (χ3v) is 4.67. The van der Waals surface area contributed by atoms with Gasteiger partial charge >= 0.3 is 0 Å². The van der Waals surface area contributed by atoms with Crippen LogP contribution in [0.2, 0.25) is 0 Å². The minimum Gasteiger partial charge on any atom is -0.486 e. The second-order valence-corrected chi connectivity index (χ2v) is 6.80. The highest BCUT2D eigenvalue weighted by molar-refractivity contribution is 5.78. The monoisotopic (exact) mass is 332 g/mol. The molecule has 0 spiro atoms. The summed E-state index contributed by atoms with van der Waals surface area (Å²) in [5.74, 6) is 1.86. The number of amides is 1. The molecule has 1 aromatic carbocycles. The predicted molar refractivity (Wildman–Crippen MR) is 93.4 cm³/mol. The maximum atomic E-state index is 12.5. The summed E-state index contributed by atoms with van der Waals surface area (Å²) in [6, 6.07) is 6.02. The summed E-state index contributed by atoms with van der Waals surface area (Å²) in [6.07, 6.45) is 6.08. The number of fused-ring (bicyclic) bond motifs is 1.